The summed E-state index contributed by atoms with van der Waals surface area (Å²) in [4.78, 5) is 26.2. The zero-order valence-corrected chi connectivity index (χ0v) is 17.5. The quantitative estimate of drug-likeness (QED) is 0.550. The number of fused-ring (bicyclic) bond motifs is 1. The number of nitrogens with zero attached hydrogens (tertiary/aromatic N) is 1. The second kappa shape index (κ2) is 8.17. The molecule has 1 N–H and O–H groups in total. The Morgan fingerprint density at radius 3 is 2.59 bits per heavy atom. The van der Waals surface area contributed by atoms with Gasteiger partial charge in [0.15, 0.2) is 6.61 Å². The minimum Gasteiger partial charge on any atom is -0.455 e. The number of benzene rings is 1. The van der Waals surface area contributed by atoms with E-state index in [9.17, 15) is 14.9 Å². The number of nitrogens with one attached hydrogen (secondary N) is 1. The van der Waals surface area contributed by atoms with Crippen LogP contribution in [0.25, 0.3) is 0 Å². The van der Waals surface area contributed by atoms with E-state index in [0.717, 1.165) is 36.8 Å². The highest BCUT2D eigenvalue weighted by molar-refractivity contribution is 7.16. The first kappa shape index (κ1) is 19.9. The molecule has 0 spiro atoms. The summed E-state index contributed by atoms with van der Waals surface area (Å²) in [5.74, 6) is -0.810. The number of anilines is 1. The van der Waals surface area contributed by atoms with Crippen LogP contribution in [-0.2, 0) is 32.6 Å². The highest BCUT2D eigenvalue weighted by Crippen LogP contribution is 2.49. The molecule has 1 amide bonds. The molecule has 2 aromatic rings. The van der Waals surface area contributed by atoms with Gasteiger partial charge in [0, 0.05) is 9.90 Å². The lowest BCUT2D eigenvalue weighted by atomic mass is 9.96. The molecule has 0 aliphatic heterocycles. The average Bonchev–Trinajstić information content (AvgIpc) is 3.49. The van der Waals surface area contributed by atoms with Gasteiger partial charge < -0.3 is 10.1 Å². The summed E-state index contributed by atoms with van der Waals surface area (Å²) in [6, 6.07) is 9.40. The molecule has 0 unspecified atom stereocenters. The van der Waals surface area contributed by atoms with Crippen molar-refractivity contribution >= 4 is 39.8 Å². The van der Waals surface area contributed by atoms with Crippen LogP contribution in [-0.4, -0.2) is 18.5 Å². The highest BCUT2D eigenvalue weighted by atomic mass is 35.5. The van der Waals surface area contributed by atoms with Crippen LogP contribution in [0.15, 0.2) is 24.3 Å². The molecule has 150 valence electrons. The monoisotopic (exact) mass is 428 g/mol. The molecule has 5 nitrogen and oxygen atoms in total. The van der Waals surface area contributed by atoms with Crippen LogP contribution in [0, 0.1) is 11.3 Å². The minimum atomic E-state index is -0.664. The SMILES string of the molecule is N#Cc1c(NC(=O)COC(=O)C2(c3ccc(Cl)cc3)CC2)sc2c1CCCCC2. The topological polar surface area (TPSA) is 79.2 Å². The Kier molecular flexibility index (Phi) is 5.62. The van der Waals surface area contributed by atoms with Gasteiger partial charge in [0.2, 0.25) is 0 Å². The second-order valence-electron chi connectivity index (χ2n) is 7.59. The van der Waals surface area contributed by atoms with Gasteiger partial charge in [0.25, 0.3) is 5.91 Å². The van der Waals surface area contributed by atoms with Crippen LogP contribution >= 0.6 is 22.9 Å². The van der Waals surface area contributed by atoms with Gasteiger partial charge in [-0.1, -0.05) is 30.2 Å². The Hall–Kier alpha value is -2.36. The molecule has 1 heterocycles. The largest absolute Gasteiger partial charge is 0.455 e. The molecule has 7 heteroatoms. The van der Waals surface area contributed by atoms with E-state index in [1.54, 1.807) is 12.1 Å². The molecule has 1 saturated carbocycles. The van der Waals surface area contributed by atoms with Crippen LogP contribution in [0.2, 0.25) is 5.02 Å². The van der Waals surface area contributed by atoms with Crippen LogP contribution in [0.3, 0.4) is 0 Å². The number of thiophene rings is 1. The van der Waals surface area contributed by atoms with Crippen LogP contribution in [0.1, 0.15) is 53.7 Å². The Morgan fingerprint density at radius 2 is 1.90 bits per heavy atom. The number of hydrogen-bond acceptors (Lipinski definition) is 5. The first-order valence-corrected chi connectivity index (χ1v) is 11.0. The van der Waals surface area contributed by atoms with Crippen molar-refractivity contribution in [3.8, 4) is 6.07 Å². The third-order valence-electron chi connectivity index (χ3n) is 5.66. The maximum Gasteiger partial charge on any atom is 0.317 e. The maximum atomic E-state index is 12.6. The lowest BCUT2D eigenvalue weighted by Crippen LogP contribution is -2.28. The number of esters is 1. The smallest absolute Gasteiger partial charge is 0.317 e. The number of hydrogen-bond donors (Lipinski definition) is 1. The normalized spacial score (nSPS) is 16.8. The number of ether oxygens (including phenoxy) is 1. The summed E-state index contributed by atoms with van der Waals surface area (Å²) in [5, 5.41) is 13.5. The maximum absolute atomic E-state index is 12.6. The molecular formula is C22H21ClN2O3S. The van der Waals surface area contributed by atoms with Crippen LogP contribution in [0.5, 0.6) is 0 Å². The van der Waals surface area contributed by atoms with E-state index in [1.807, 2.05) is 12.1 Å². The summed E-state index contributed by atoms with van der Waals surface area (Å²) in [6.45, 7) is -0.360. The fourth-order valence-corrected chi connectivity index (χ4v) is 5.27. The molecule has 2 aliphatic rings. The molecule has 0 radical (unpaired) electrons. The van der Waals surface area contributed by atoms with Gasteiger partial charge in [0.05, 0.1) is 11.0 Å². The predicted molar refractivity (Wildman–Crippen MR) is 112 cm³/mol. The Balaban J connectivity index is 1.39. The summed E-state index contributed by atoms with van der Waals surface area (Å²) < 4.78 is 5.32. The van der Waals surface area contributed by atoms with E-state index in [2.05, 4.69) is 11.4 Å². The van der Waals surface area contributed by atoms with Crippen molar-refractivity contribution in [1.82, 2.24) is 0 Å². The summed E-state index contributed by atoms with van der Waals surface area (Å²) in [7, 11) is 0. The molecule has 1 fully saturated rings. The van der Waals surface area contributed by atoms with Crippen molar-refractivity contribution < 1.29 is 14.3 Å². The second-order valence-corrected chi connectivity index (χ2v) is 9.14. The number of halogens is 1. The van der Waals surface area contributed by atoms with E-state index >= 15 is 0 Å². The van der Waals surface area contributed by atoms with Crippen molar-refractivity contribution in [1.29, 1.82) is 5.26 Å². The molecule has 1 aromatic heterocycles. The molecule has 2 aliphatic carbocycles. The lowest BCUT2D eigenvalue weighted by molar-refractivity contribution is -0.150. The van der Waals surface area contributed by atoms with Crippen molar-refractivity contribution in [3.05, 3.63) is 50.9 Å². The molecule has 0 atom stereocenters. The van der Waals surface area contributed by atoms with Gasteiger partial charge in [-0.3, -0.25) is 9.59 Å². The number of rotatable bonds is 5. The van der Waals surface area contributed by atoms with E-state index in [4.69, 9.17) is 16.3 Å². The zero-order chi connectivity index (χ0) is 20.4. The standard InChI is InChI=1S/C22H21ClN2O3S/c23-15-8-6-14(7-9-15)22(10-11-22)21(27)28-13-19(26)25-20-17(12-24)16-4-2-1-3-5-18(16)29-20/h6-9H,1-5,10-11,13H2,(H,25,26). The highest BCUT2D eigenvalue weighted by Gasteiger charge is 2.52. The molecule has 0 bridgehead atoms. The fraction of sp³-hybridized carbons (Fsp3) is 0.409. The van der Waals surface area contributed by atoms with Gasteiger partial charge in [-0.2, -0.15) is 5.26 Å². The number of nitriles is 1. The predicted octanol–water partition coefficient (Wildman–Crippen LogP) is 4.76. The van der Waals surface area contributed by atoms with Gasteiger partial charge in [-0.05, 0) is 61.8 Å². The van der Waals surface area contributed by atoms with Crippen LogP contribution < -0.4 is 5.32 Å². The van der Waals surface area contributed by atoms with Gasteiger partial charge in [-0.15, -0.1) is 11.3 Å². The molecule has 1 aromatic carbocycles. The van der Waals surface area contributed by atoms with Crippen molar-refractivity contribution in [2.45, 2.75) is 50.4 Å². The molecule has 0 saturated heterocycles. The summed E-state index contributed by atoms with van der Waals surface area (Å²) in [5.41, 5.74) is 1.83. The molecular weight excluding hydrogens is 408 g/mol. The first-order valence-electron chi connectivity index (χ1n) is 9.81. The van der Waals surface area contributed by atoms with Gasteiger partial charge >= 0.3 is 5.97 Å². The third-order valence-corrected chi connectivity index (χ3v) is 7.12. The van der Waals surface area contributed by atoms with Crippen molar-refractivity contribution in [3.63, 3.8) is 0 Å². The Bertz CT molecular complexity index is 987. The Labute approximate surface area is 178 Å². The zero-order valence-electron chi connectivity index (χ0n) is 15.9. The number of carbonyl (C=O) groups is 2. The lowest BCUT2D eigenvalue weighted by Gasteiger charge is -2.15. The third kappa shape index (κ3) is 4.03. The van der Waals surface area contributed by atoms with Crippen molar-refractivity contribution in [2.24, 2.45) is 0 Å². The summed E-state index contributed by atoms with van der Waals surface area (Å²) in [6.07, 6.45) is 6.56. The van der Waals surface area contributed by atoms with Crippen LogP contribution in [0.4, 0.5) is 5.00 Å². The first-order chi connectivity index (χ1) is 14.0. The molecule has 4 rings (SSSR count). The molecule has 29 heavy (non-hydrogen) atoms. The van der Waals surface area contributed by atoms with Gasteiger partial charge in [0.1, 0.15) is 11.1 Å². The van der Waals surface area contributed by atoms with E-state index in [0.29, 0.717) is 28.4 Å². The summed E-state index contributed by atoms with van der Waals surface area (Å²) >= 11 is 7.39. The average molecular weight is 429 g/mol. The van der Waals surface area contributed by atoms with E-state index in [1.165, 1.54) is 22.6 Å². The van der Waals surface area contributed by atoms with E-state index in [-0.39, 0.29) is 6.61 Å². The minimum absolute atomic E-state index is 0.360. The number of amides is 1. The van der Waals surface area contributed by atoms with Gasteiger partial charge in [-0.25, -0.2) is 0 Å². The van der Waals surface area contributed by atoms with E-state index < -0.39 is 17.3 Å². The Morgan fingerprint density at radius 1 is 1.17 bits per heavy atom. The number of aryl methyl sites for hydroxylation is 1. The fourth-order valence-electron chi connectivity index (χ4n) is 3.89. The van der Waals surface area contributed by atoms with Crippen molar-refractivity contribution in [2.75, 3.05) is 11.9 Å². The number of carbonyl (C=O) groups excluding carboxylic acids is 2.